The van der Waals surface area contributed by atoms with Crippen molar-refractivity contribution in [3.05, 3.63) is 0 Å². The molecule has 0 aromatic heterocycles. The van der Waals surface area contributed by atoms with Crippen LogP contribution in [0.3, 0.4) is 0 Å². The van der Waals surface area contributed by atoms with Gasteiger partial charge < -0.3 is 33.5 Å². The fourth-order valence-corrected chi connectivity index (χ4v) is 11.7. The fourth-order valence-electron chi connectivity index (χ4n) is 11.7. The van der Waals surface area contributed by atoms with Crippen LogP contribution in [-0.2, 0) is 33.2 Å². The summed E-state index contributed by atoms with van der Waals surface area (Å²) in [6, 6.07) is -0.224. The molecular weight excluding hydrogens is 466 g/mol. The lowest BCUT2D eigenvalue weighted by Crippen LogP contribution is -2.85. The van der Waals surface area contributed by atoms with Crippen molar-refractivity contribution in [2.75, 3.05) is 41.2 Å². The molecule has 9 heteroatoms. The van der Waals surface area contributed by atoms with Crippen LogP contribution in [0, 0.1) is 28.6 Å². The van der Waals surface area contributed by atoms with Crippen molar-refractivity contribution in [3.8, 4) is 0 Å². The van der Waals surface area contributed by atoms with Gasteiger partial charge in [-0.1, -0.05) is 13.8 Å². The van der Waals surface area contributed by atoms with Crippen LogP contribution in [0.1, 0.15) is 46.5 Å². The minimum atomic E-state index is -1.16. The molecule has 36 heavy (non-hydrogen) atoms. The highest BCUT2D eigenvalue weighted by molar-refractivity contribution is 5.67. The summed E-state index contributed by atoms with van der Waals surface area (Å²) in [5.41, 5.74) is -3.94. The van der Waals surface area contributed by atoms with Crippen LogP contribution >= 0.6 is 0 Å². The quantitative estimate of drug-likeness (QED) is 0.553. The Morgan fingerprint density at radius 2 is 1.89 bits per heavy atom. The zero-order chi connectivity index (χ0) is 25.5. The number of carbonyl (C=O) groups excluding carboxylic acids is 1. The Morgan fingerprint density at radius 1 is 1.11 bits per heavy atom. The van der Waals surface area contributed by atoms with Crippen LogP contribution in [0.15, 0.2) is 0 Å². The SMILES string of the molecule is CCN1C[C@]2(C)CC[C@H](OC)[C@]34C2[C@H](OC(C)=O)[C@@]2(OCO[C@@]25CC(OC)[C@H]2C[C@]3(O)C5[C@H]2OC)C14. The molecular formula is C27H41NO8. The first kappa shape index (κ1) is 24.2. The number of nitrogens with zero attached hydrogens (tertiary/aromatic N) is 1. The molecule has 2 heterocycles. The molecule has 2 aliphatic heterocycles. The Hall–Kier alpha value is -0.810. The van der Waals surface area contributed by atoms with Crippen molar-refractivity contribution < 1.29 is 38.3 Å². The Labute approximate surface area is 213 Å². The standard InChI is InChI=1S/C27H41NO8/c1-7-28-12-23(3)9-8-17(32-5)26-20(23)21(36-14(2)29)27(22(26)28)25(34-13-35-27)11-16(31-4)15-10-24(26,30)19(25)18(15)33-6/h15-22,30H,7-13H2,1-6H3/t15-,16?,17+,18+,19?,20?,21+,22?,23+,24+,25-,26-,27-/m1/s1. The van der Waals surface area contributed by atoms with Gasteiger partial charge in [0.25, 0.3) is 0 Å². The Morgan fingerprint density at radius 3 is 2.53 bits per heavy atom. The lowest BCUT2D eigenvalue weighted by molar-refractivity contribution is -0.332. The number of likely N-dealkylation sites (tertiary alicyclic amines) is 1. The maximum absolute atomic E-state index is 13.4. The van der Waals surface area contributed by atoms with E-state index in [4.69, 9.17) is 28.4 Å². The average molecular weight is 508 g/mol. The van der Waals surface area contributed by atoms with E-state index in [9.17, 15) is 9.90 Å². The molecule has 5 saturated carbocycles. The van der Waals surface area contributed by atoms with Gasteiger partial charge in [0, 0.05) is 59.0 Å². The van der Waals surface area contributed by atoms with E-state index >= 15 is 0 Å². The average Bonchev–Trinajstić information content (AvgIpc) is 3.40. The predicted octanol–water partition coefficient (Wildman–Crippen LogP) is 1.35. The Bertz CT molecular complexity index is 979. The molecule has 9 nitrogen and oxygen atoms in total. The molecule has 4 unspecified atom stereocenters. The van der Waals surface area contributed by atoms with E-state index in [1.807, 2.05) is 0 Å². The van der Waals surface area contributed by atoms with Gasteiger partial charge in [-0.15, -0.1) is 0 Å². The number of fused-ring (bicyclic) bond motifs is 1. The second-order valence-electron chi connectivity index (χ2n) is 12.9. The molecule has 0 aromatic rings. The third kappa shape index (κ3) is 2.16. The van der Waals surface area contributed by atoms with Gasteiger partial charge in [0.15, 0.2) is 5.60 Å². The molecule has 5 aliphatic carbocycles. The molecule has 3 spiro atoms. The van der Waals surface area contributed by atoms with Gasteiger partial charge in [-0.25, -0.2) is 0 Å². The lowest BCUT2D eigenvalue weighted by atomic mass is 9.41. The number of carbonyl (C=O) groups is 1. The van der Waals surface area contributed by atoms with Crippen LogP contribution in [0.2, 0.25) is 0 Å². The van der Waals surface area contributed by atoms with Gasteiger partial charge in [-0.05, 0) is 31.2 Å². The Balaban J connectivity index is 1.61. The van der Waals surface area contributed by atoms with E-state index in [-0.39, 0.29) is 60.3 Å². The molecule has 7 bridgehead atoms. The minimum Gasteiger partial charge on any atom is -0.459 e. The largest absolute Gasteiger partial charge is 0.459 e. The lowest BCUT2D eigenvalue weighted by Gasteiger charge is -2.71. The minimum absolute atomic E-state index is 0.0317. The second-order valence-corrected chi connectivity index (χ2v) is 12.9. The van der Waals surface area contributed by atoms with Gasteiger partial charge in [0.05, 0.1) is 35.4 Å². The van der Waals surface area contributed by atoms with Crippen LogP contribution in [0.5, 0.6) is 0 Å². The highest BCUT2D eigenvalue weighted by Crippen LogP contribution is 2.83. The summed E-state index contributed by atoms with van der Waals surface area (Å²) in [4.78, 5) is 15.3. The molecule has 7 rings (SSSR count). The summed E-state index contributed by atoms with van der Waals surface area (Å²) in [6.07, 6.45) is 1.69. The van der Waals surface area contributed by atoms with Crippen LogP contribution in [-0.4, -0.2) is 104 Å². The monoisotopic (exact) mass is 507 g/mol. The zero-order valence-corrected chi connectivity index (χ0v) is 22.3. The number of piperidine rings is 1. The highest BCUT2D eigenvalue weighted by Gasteiger charge is 2.97. The van der Waals surface area contributed by atoms with Crippen molar-refractivity contribution in [1.82, 2.24) is 4.90 Å². The normalized spacial score (nSPS) is 60.2. The topological polar surface area (TPSA) is 95.9 Å². The zero-order valence-electron chi connectivity index (χ0n) is 22.3. The predicted molar refractivity (Wildman–Crippen MR) is 126 cm³/mol. The number of rotatable bonds is 5. The van der Waals surface area contributed by atoms with Gasteiger partial charge in [0.1, 0.15) is 18.5 Å². The molecule has 0 aromatic carbocycles. The number of esters is 1. The van der Waals surface area contributed by atoms with E-state index in [2.05, 4.69) is 18.7 Å². The van der Waals surface area contributed by atoms with Crippen molar-refractivity contribution in [2.24, 2.45) is 28.6 Å². The van der Waals surface area contributed by atoms with Crippen molar-refractivity contribution >= 4 is 5.97 Å². The molecule has 7 fully saturated rings. The number of hydrogen-bond donors (Lipinski definition) is 1. The number of hydrogen-bond acceptors (Lipinski definition) is 9. The summed E-state index contributed by atoms with van der Waals surface area (Å²) in [5.74, 6) is -0.771. The molecule has 7 aliphatic rings. The van der Waals surface area contributed by atoms with Gasteiger partial charge in [-0.3, -0.25) is 9.69 Å². The number of ether oxygens (including phenoxy) is 6. The van der Waals surface area contributed by atoms with Gasteiger partial charge in [-0.2, -0.15) is 0 Å². The molecule has 202 valence electrons. The van der Waals surface area contributed by atoms with E-state index < -0.39 is 28.3 Å². The van der Waals surface area contributed by atoms with E-state index in [0.717, 1.165) is 25.9 Å². The Kier molecular flexibility index (Phi) is 4.87. The van der Waals surface area contributed by atoms with Gasteiger partial charge in [0.2, 0.25) is 0 Å². The van der Waals surface area contributed by atoms with Crippen LogP contribution in [0.25, 0.3) is 0 Å². The summed E-state index contributed by atoms with van der Waals surface area (Å²) >= 11 is 0. The molecule has 0 radical (unpaired) electrons. The van der Waals surface area contributed by atoms with Crippen molar-refractivity contribution in [2.45, 2.75) is 93.7 Å². The third-order valence-electron chi connectivity index (χ3n) is 12.2. The number of likely N-dealkylation sites (N-methyl/N-ethyl adjacent to an activating group) is 1. The highest BCUT2D eigenvalue weighted by atomic mass is 16.7. The second kappa shape index (κ2) is 7.23. The van der Waals surface area contributed by atoms with E-state index in [1.165, 1.54) is 6.92 Å². The maximum Gasteiger partial charge on any atom is 0.303 e. The number of aliphatic hydroxyl groups is 1. The summed E-state index contributed by atoms with van der Waals surface area (Å²) in [5, 5.41) is 13.4. The summed E-state index contributed by atoms with van der Waals surface area (Å²) < 4.78 is 38.7. The first-order valence-electron chi connectivity index (χ1n) is 13.7. The fraction of sp³-hybridized carbons (Fsp3) is 0.963. The first-order chi connectivity index (χ1) is 17.2. The molecule has 13 atom stereocenters. The van der Waals surface area contributed by atoms with E-state index in [0.29, 0.717) is 12.8 Å². The molecule has 2 saturated heterocycles. The maximum atomic E-state index is 13.4. The van der Waals surface area contributed by atoms with Crippen molar-refractivity contribution in [3.63, 3.8) is 0 Å². The molecule has 0 amide bonds. The van der Waals surface area contributed by atoms with Crippen LogP contribution < -0.4 is 0 Å². The third-order valence-corrected chi connectivity index (χ3v) is 12.2. The first-order valence-corrected chi connectivity index (χ1v) is 13.7. The smallest absolute Gasteiger partial charge is 0.303 e. The summed E-state index contributed by atoms with van der Waals surface area (Å²) in [7, 11) is 5.23. The van der Waals surface area contributed by atoms with Gasteiger partial charge >= 0.3 is 5.97 Å². The summed E-state index contributed by atoms with van der Waals surface area (Å²) in [6.45, 7) is 7.72. The van der Waals surface area contributed by atoms with E-state index in [1.54, 1.807) is 21.3 Å². The molecule has 1 N–H and O–H groups in total. The number of methoxy groups -OCH3 is 3. The van der Waals surface area contributed by atoms with Crippen molar-refractivity contribution in [1.29, 1.82) is 0 Å². The van der Waals surface area contributed by atoms with Crippen LogP contribution in [0.4, 0.5) is 0 Å².